The van der Waals surface area contributed by atoms with Gasteiger partial charge in [0.25, 0.3) is 11.5 Å². The molecular weight excluding hydrogens is 370 g/mol. The van der Waals surface area contributed by atoms with Crippen LogP contribution in [0.15, 0.2) is 51.7 Å². The molecule has 0 unspecified atom stereocenters. The summed E-state index contributed by atoms with van der Waals surface area (Å²) >= 11 is 3.29. The summed E-state index contributed by atoms with van der Waals surface area (Å²) in [6.45, 7) is 0. The lowest BCUT2D eigenvalue weighted by molar-refractivity contribution is 0.102. The Morgan fingerprint density at radius 1 is 1.09 bits per heavy atom. The second-order valence-corrected chi connectivity index (χ2v) is 5.71. The normalized spacial score (nSPS) is 10.7. The van der Waals surface area contributed by atoms with Crippen LogP contribution in [0.25, 0.3) is 10.9 Å². The van der Waals surface area contributed by atoms with E-state index in [4.69, 9.17) is 0 Å². The number of benzene rings is 2. The van der Waals surface area contributed by atoms with E-state index in [0.29, 0.717) is 10.9 Å². The number of anilines is 1. The maximum Gasteiger partial charge on any atom is 0.261 e. The Balaban J connectivity index is 2.04. The van der Waals surface area contributed by atoms with Crippen LogP contribution in [0, 0.1) is 11.6 Å². The Labute approximate surface area is 137 Å². The summed E-state index contributed by atoms with van der Waals surface area (Å²) in [5.74, 6) is -2.73. The average Bonchev–Trinajstić information content (AvgIpc) is 2.50. The topological polar surface area (TPSA) is 62.0 Å². The van der Waals surface area contributed by atoms with E-state index in [1.165, 1.54) is 12.1 Å². The fourth-order valence-electron chi connectivity index (χ4n) is 2.14. The van der Waals surface area contributed by atoms with E-state index in [9.17, 15) is 18.4 Å². The molecule has 0 atom stereocenters. The minimum Gasteiger partial charge on any atom is -0.321 e. The van der Waals surface area contributed by atoms with E-state index in [-0.39, 0.29) is 5.56 Å². The molecule has 1 aromatic heterocycles. The van der Waals surface area contributed by atoms with E-state index < -0.39 is 28.8 Å². The maximum atomic E-state index is 13.6. The minimum atomic E-state index is -0.918. The number of carbonyl (C=O) groups is 1. The van der Waals surface area contributed by atoms with E-state index in [2.05, 4.69) is 26.2 Å². The zero-order valence-corrected chi connectivity index (χ0v) is 13.1. The summed E-state index contributed by atoms with van der Waals surface area (Å²) in [5.41, 5.74) is -0.926. The second-order valence-electron chi connectivity index (χ2n) is 4.79. The molecule has 2 N–H and O–H groups in total. The van der Waals surface area contributed by atoms with Crippen molar-refractivity contribution in [1.29, 1.82) is 0 Å². The number of nitrogens with one attached hydrogen (secondary N) is 2. The summed E-state index contributed by atoms with van der Waals surface area (Å²) in [7, 11) is 0. The van der Waals surface area contributed by atoms with Gasteiger partial charge in [-0.05, 0) is 36.4 Å². The zero-order valence-electron chi connectivity index (χ0n) is 11.5. The van der Waals surface area contributed by atoms with Crippen molar-refractivity contribution in [2.75, 3.05) is 5.32 Å². The Bertz CT molecular complexity index is 965. The molecule has 0 spiro atoms. The summed E-state index contributed by atoms with van der Waals surface area (Å²) in [4.78, 5) is 26.8. The average molecular weight is 379 g/mol. The lowest BCUT2D eigenvalue weighted by Crippen LogP contribution is -2.23. The van der Waals surface area contributed by atoms with Gasteiger partial charge in [0.2, 0.25) is 0 Å². The number of hydrogen-bond acceptors (Lipinski definition) is 2. The number of para-hydroxylation sites is 1. The number of hydrogen-bond donors (Lipinski definition) is 2. The number of halogens is 3. The third-order valence-corrected chi connectivity index (χ3v) is 3.75. The molecule has 4 nitrogen and oxygen atoms in total. The molecule has 0 saturated carbocycles. The third kappa shape index (κ3) is 3.00. The van der Waals surface area contributed by atoms with Crippen LogP contribution in [0.5, 0.6) is 0 Å². The molecule has 0 aliphatic rings. The number of aromatic amines is 1. The summed E-state index contributed by atoms with van der Waals surface area (Å²) in [6.07, 6.45) is 0. The van der Waals surface area contributed by atoms with Crippen molar-refractivity contribution in [2.24, 2.45) is 0 Å². The highest BCUT2D eigenvalue weighted by Gasteiger charge is 2.16. The Kier molecular flexibility index (Phi) is 3.96. The van der Waals surface area contributed by atoms with E-state index in [0.717, 1.165) is 16.6 Å². The first-order valence-electron chi connectivity index (χ1n) is 6.53. The molecular formula is C16H9BrF2N2O2. The number of carbonyl (C=O) groups excluding carboxylic acids is 1. The molecule has 0 saturated heterocycles. The van der Waals surface area contributed by atoms with Crippen LogP contribution in [0.2, 0.25) is 0 Å². The van der Waals surface area contributed by atoms with Gasteiger partial charge in [0, 0.05) is 15.4 Å². The van der Waals surface area contributed by atoms with Gasteiger partial charge in [-0.3, -0.25) is 9.59 Å². The van der Waals surface area contributed by atoms with Crippen LogP contribution >= 0.6 is 15.9 Å². The summed E-state index contributed by atoms with van der Waals surface area (Å²) < 4.78 is 27.9. The fraction of sp³-hybridized carbons (Fsp3) is 0. The van der Waals surface area contributed by atoms with E-state index in [1.54, 1.807) is 18.2 Å². The molecule has 0 aliphatic carbocycles. The second kappa shape index (κ2) is 5.92. The van der Waals surface area contributed by atoms with Crippen LogP contribution in [-0.2, 0) is 0 Å². The molecule has 0 fully saturated rings. The fourth-order valence-corrected chi connectivity index (χ4v) is 2.52. The quantitative estimate of drug-likeness (QED) is 0.711. The third-order valence-electron chi connectivity index (χ3n) is 3.25. The maximum absolute atomic E-state index is 13.6. The number of aromatic nitrogens is 1. The van der Waals surface area contributed by atoms with Crippen molar-refractivity contribution in [3.8, 4) is 0 Å². The van der Waals surface area contributed by atoms with Crippen LogP contribution in [0.1, 0.15) is 10.4 Å². The lowest BCUT2D eigenvalue weighted by atomic mass is 10.1. The van der Waals surface area contributed by atoms with E-state index in [1.807, 2.05) is 0 Å². The van der Waals surface area contributed by atoms with Crippen LogP contribution < -0.4 is 10.9 Å². The molecule has 23 heavy (non-hydrogen) atoms. The highest BCUT2D eigenvalue weighted by Crippen LogP contribution is 2.20. The molecule has 1 amide bonds. The van der Waals surface area contributed by atoms with Gasteiger partial charge in [0.1, 0.15) is 22.9 Å². The highest BCUT2D eigenvalue weighted by atomic mass is 79.9. The molecule has 7 heteroatoms. The van der Waals surface area contributed by atoms with Gasteiger partial charge in [0.15, 0.2) is 0 Å². The van der Waals surface area contributed by atoms with Crippen LogP contribution in [0.4, 0.5) is 14.5 Å². The predicted molar refractivity (Wildman–Crippen MR) is 86.6 cm³/mol. The molecule has 0 bridgehead atoms. The number of fused-ring (bicyclic) bond motifs is 1. The van der Waals surface area contributed by atoms with Gasteiger partial charge in [-0.2, -0.15) is 0 Å². The molecule has 0 aliphatic heterocycles. The first-order chi connectivity index (χ1) is 11.0. The lowest BCUT2D eigenvalue weighted by Gasteiger charge is -2.08. The number of rotatable bonds is 2. The minimum absolute atomic E-state index is 0.238. The number of H-pyrrole nitrogens is 1. The van der Waals surface area contributed by atoms with Crippen molar-refractivity contribution in [1.82, 2.24) is 4.98 Å². The van der Waals surface area contributed by atoms with Crippen molar-refractivity contribution in [3.05, 3.63) is 74.5 Å². The van der Waals surface area contributed by atoms with Crippen LogP contribution in [-0.4, -0.2) is 10.9 Å². The van der Waals surface area contributed by atoms with Crippen molar-refractivity contribution >= 4 is 38.4 Å². The molecule has 2 aromatic carbocycles. The predicted octanol–water partition coefficient (Wildman–Crippen LogP) is 3.82. The van der Waals surface area contributed by atoms with Gasteiger partial charge in [-0.15, -0.1) is 0 Å². The van der Waals surface area contributed by atoms with Gasteiger partial charge in [-0.25, -0.2) is 8.78 Å². The molecule has 0 radical (unpaired) electrons. The molecule has 116 valence electrons. The van der Waals surface area contributed by atoms with E-state index >= 15 is 0 Å². The molecule has 3 aromatic rings. The summed E-state index contributed by atoms with van der Waals surface area (Å²) in [6, 6.07) is 9.71. The zero-order chi connectivity index (χ0) is 16.6. The SMILES string of the molecule is O=C(Nc1c(F)cccc1F)c1cc2cc(Br)ccc2[nH]c1=O. The monoisotopic (exact) mass is 378 g/mol. The Hall–Kier alpha value is -2.54. The van der Waals surface area contributed by atoms with Gasteiger partial charge in [0.05, 0.1) is 0 Å². The standard InChI is InChI=1S/C16H9BrF2N2O2/c17-9-4-5-13-8(6-9)7-10(15(22)20-13)16(23)21-14-11(18)2-1-3-12(14)19/h1-7H,(H,20,22)(H,21,23). The van der Waals surface area contributed by atoms with Crippen LogP contribution in [0.3, 0.4) is 0 Å². The van der Waals surface area contributed by atoms with Crippen molar-refractivity contribution < 1.29 is 13.6 Å². The Morgan fingerprint density at radius 2 is 1.78 bits per heavy atom. The highest BCUT2D eigenvalue weighted by molar-refractivity contribution is 9.10. The van der Waals surface area contributed by atoms with Gasteiger partial charge in [-0.1, -0.05) is 22.0 Å². The first-order valence-corrected chi connectivity index (χ1v) is 7.33. The smallest absolute Gasteiger partial charge is 0.261 e. The Morgan fingerprint density at radius 3 is 2.48 bits per heavy atom. The summed E-state index contributed by atoms with van der Waals surface area (Å²) in [5, 5.41) is 2.70. The first kappa shape index (κ1) is 15.4. The molecule has 3 rings (SSSR count). The number of pyridine rings is 1. The van der Waals surface area contributed by atoms with Crippen molar-refractivity contribution in [2.45, 2.75) is 0 Å². The molecule has 1 heterocycles. The largest absolute Gasteiger partial charge is 0.321 e. The van der Waals surface area contributed by atoms with Gasteiger partial charge >= 0.3 is 0 Å². The number of amides is 1. The van der Waals surface area contributed by atoms with Gasteiger partial charge < -0.3 is 10.3 Å². The van der Waals surface area contributed by atoms with Crippen molar-refractivity contribution in [3.63, 3.8) is 0 Å².